The van der Waals surface area contributed by atoms with Gasteiger partial charge >= 0.3 is 0 Å². The van der Waals surface area contributed by atoms with Crippen molar-refractivity contribution in [2.45, 2.75) is 69.9 Å². The zero-order chi connectivity index (χ0) is 14.9. The smallest absolute Gasteiger partial charge is 0.203 e. The Morgan fingerprint density at radius 1 is 1.24 bits per heavy atom. The van der Waals surface area contributed by atoms with E-state index in [-0.39, 0.29) is 0 Å². The summed E-state index contributed by atoms with van der Waals surface area (Å²) >= 11 is 0. The third-order valence-corrected chi connectivity index (χ3v) is 5.63. The van der Waals surface area contributed by atoms with E-state index in [0.717, 1.165) is 18.2 Å². The number of hydrogen-bond acceptors (Lipinski definition) is 3. The highest BCUT2D eigenvalue weighted by Crippen LogP contribution is 2.37. The van der Waals surface area contributed by atoms with Gasteiger partial charge in [0.05, 0.1) is 5.69 Å². The van der Waals surface area contributed by atoms with E-state index in [0.29, 0.717) is 11.6 Å². The Hall–Kier alpha value is -1.03. The molecule has 0 spiro atoms. The molecule has 2 fully saturated rings. The van der Waals surface area contributed by atoms with Crippen LogP contribution in [-0.2, 0) is 0 Å². The minimum atomic E-state index is 0.344. The lowest BCUT2D eigenvalue weighted by atomic mass is 9.75. The first kappa shape index (κ1) is 14.9. The molecule has 2 aliphatic rings. The number of nitrogens with zero attached hydrogens (tertiary/aromatic N) is 3. The van der Waals surface area contributed by atoms with Gasteiger partial charge in [0, 0.05) is 24.3 Å². The highest BCUT2D eigenvalue weighted by molar-refractivity contribution is 5.31. The molecule has 1 N–H and O–H groups in total. The van der Waals surface area contributed by atoms with Crippen LogP contribution in [0.4, 0.5) is 5.95 Å². The SMILES string of the molecule is Cc1cn(C2CCCCC2)c(NCC2(N(C)C)CCC2)n1. The predicted molar refractivity (Wildman–Crippen MR) is 87.8 cm³/mol. The molecule has 0 saturated heterocycles. The van der Waals surface area contributed by atoms with Crippen molar-refractivity contribution in [3.63, 3.8) is 0 Å². The first-order valence-corrected chi connectivity index (χ1v) is 8.57. The number of aromatic nitrogens is 2. The highest BCUT2D eigenvalue weighted by Gasteiger charge is 2.39. The Morgan fingerprint density at radius 2 is 1.95 bits per heavy atom. The maximum Gasteiger partial charge on any atom is 0.203 e. The van der Waals surface area contributed by atoms with Crippen LogP contribution >= 0.6 is 0 Å². The Labute approximate surface area is 128 Å². The van der Waals surface area contributed by atoms with Crippen molar-refractivity contribution >= 4 is 5.95 Å². The molecule has 118 valence electrons. The maximum atomic E-state index is 4.74. The predicted octanol–water partition coefficient (Wildman–Crippen LogP) is 3.59. The lowest BCUT2D eigenvalue weighted by molar-refractivity contribution is 0.0736. The number of aryl methyl sites for hydroxylation is 1. The van der Waals surface area contributed by atoms with Crippen LogP contribution in [0.2, 0.25) is 0 Å². The third-order valence-electron chi connectivity index (χ3n) is 5.63. The Balaban J connectivity index is 1.70. The standard InChI is InChI=1S/C17H30N4/c1-14-12-21(15-8-5-4-6-9-15)16(19-14)18-13-17(20(2)3)10-7-11-17/h12,15H,4-11,13H2,1-3H3,(H,18,19). The average Bonchev–Trinajstić information content (AvgIpc) is 2.79. The number of likely N-dealkylation sites (N-methyl/N-ethyl adjacent to an activating group) is 1. The summed E-state index contributed by atoms with van der Waals surface area (Å²) in [4.78, 5) is 7.13. The molecule has 1 aromatic heterocycles. The summed E-state index contributed by atoms with van der Waals surface area (Å²) < 4.78 is 2.41. The van der Waals surface area contributed by atoms with E-state index in [2.05, 4.69) is 42.0 Å². The first-order valence-electron chi connectivity index (χ1n) is 8.57. The zero-order valence-corrected chi connectivity index (χ0v) is 13.9. The summed E-state index contributed by atoms with van der Waals surface area (Å²) in [6, 6.07) is 0.652. The van der Waals surface area contributed by atoms with Crippen LogP contribution in [0.25, 0.3) is 0 Å². The molecule has 0 atom stereocenters. The monoisotopic (exact) mass is 290 g/mol. The van der Waals surface area contributed by atoms with E-state index in [1.165, 1.54) is 51.4 Å². The molecule has 0 amide bonds. The number of imidazole rings is 1. The summed E-state index contributed by atoms with van der Waals surface area (Å²) in [5.74, 6) is 1.09. The van der Waals surface area contributed by atoms with Crippen LogP contribution in [0.5, 0.6) is 0 Å². The number of hydrogen-bond donors (Lipinski definition) is 1. The summed E-state index contributed by atoms with van der Waals surface area (Å²) in [5.41, 5.74) is 1.48. The molecule has 0 aliphatic heterocycles. The number of rotatable bonds is 5. The van der Waals surface area contributed by atoms with Crippen LogP contribution in [0.1, 0.15) is 63.1 Å². The van der Waals surface area contributed by atoms with Gasteiger partial charge in [0.25, 0.3) is 0 Å². The molecule has 2 aliphatic carbocycles. The van der Waals surface area contributed by atoms with Gasteiger partial charge in [-0.05, 0) is 53.1 Å². The minimum Gasteiger partial charge on any atom is -0.354 e. The molecular formula is C17H30N4. The van der Waals surface area contributed by atoms with E-state index in [9.17, 15) is 0 Å². The molecule has 0 bridgehead atoms. The molecule has 0 unspecified atom stereocenters. The summed E-state index contributed by atoms with van der Waals surface area (Å²) in [5, 5.41) is 3.67. The Morgan fingerprint density at radius 3 is 2.52 bits per heavy atom. The van der Waals surface area contributed by atoms with Crippen LogP contribution < -0.4 is 5.32 Å². The first-order chi connectivity index (χ1) is 10.1. The Kier molecular flexibility index (Phi) is 4.25. The van der Waals surface area contributed by atoms with Crippen molar-refractivity contribution < 1.29 is 0 Å². The van der Waals surface area contributed by atoms with E-state index in [1.54, 1.807) is 0 Å². The van der Waals surface area contributed by atoms with Gasteiger partial charge in [-0.1, -0.05) is 19.3 Å². The van der Waals surface area contributed by atoms with Gasteiger partial charge < -0.3 is 14.8 Å². The number of nitrogens with one attached hydrogen (secondary N) is 1. The maximum absolute atomic E-state index is 4.74. The molecule has 0 radical (unpaired) electrons. The van der Waals surface area contributed by atoms with Gasteiger partial charge in [-0.15, -0.1) is 0 Å². The van der Waals surface area contributed by atoms with E-state index < -0.39 is 0 Å². The number of anilines is 1. The molecule has 4 nitrogen and oxygen atoms in total. The average molecular weight is 290 g/mol. The molecule has 1 heterocycles. The van der Waals surface area contributed by atoms with Crippen molar-refractivity contribution in [3.8, 4) is 0 Å². The summed E-state index contributed by atoms with van der Waals surface area (Å²) in [7, 11) is 4.42. The molecule has 0 aromatic carbocycles. The van der Waals surface area contributed by atoms with Crippen LogP contribution in [-0.4, -0.2) is 40.6 Å². The van der Waals surface area contributed by atoms with Crippen molar-refractivity contribution in [1.29, 1.82) is 0 Å². The minimum absolute atomic E-state index is 0.344. The van der Waals surface area contributed by atoms with Crippen molar-refractivity contribution in [2.24, 2.45) is 0 Å². The van der Waals surface area contributed by atoms with Crippen LogP contribution in [0.3, 0.4) is 0 Å². The van der Waals surface area contributed by atoms with Gasteiger partial charge in [0.2, 0.25) is 5.95 Å². The zero-order valence-electron chi connectivity index (χ0n) is 13.9. The lowest BCUT2D eigenvalue weighted by Gasteiger charge is -2.47. The molecule has 4 heteroatoms. The lowest BCUT2D eigenvalue weighted by Crippen LogP contribution is -2.54. The van der Waals surface area contributed by atoms with Crippen LogP contribution in [0.15, 0.2) is 6.20 Å². The summed E-state index contributed by atoms with van der Waals surface area (Å²) in [6.07, 6.45) is 12.9. The van der Waals surface area contributed by atoms with Crippen LogP contribution in [0, 0.1) is 6.92 Å². The largest absolute Gasteiger partial charge is 0.354 e. The molecule has 1 aromatic rings. The van der Waals surface area contributed by atoms with Gasteiger partial charge in [-0.25, -0.2) is 4.98 Å². The third kappa shape index (κ3) is 2.96. The quantitative estimate of drug-likeness (QED) is 0.899. The van der Waals surface area contributed by atoms with E-state index in [4.69, 9.17) is 4.98 Å². The fraction of sp³-hybridized carbons (Fsp3) is 0.824. The van der Waals surface area contributed by atoms with Gasteiger partial charge in [-0.3, -0.25) is 0 Å². The topological polar surface area (TPSA) is 33.1 Å². The second kappa shape index (κ2) is 5.99. The van der Waals surface area contributed by atoms with E-state index in [1.807, 2.05) is 0 Å². The van der Waals surface area contributed by atoms with Crippen molar-refractivity contribution in [3.05, 3.63) is 11.9 Å². The van der Waals surface area contributed by atoms with Crippen molar-refractivity contribution in [1.82, 2.24) is 14.5 Å². The fourth-order valence-electron chi connectivity index (χ4n) is 3.90. The second-order valence-corrected chi connectivity index (χ2v) is 7.23. The van der Waals surface area contributed by atoms with Gasteiger partial charge in [0.15, 0.2) is 0 Å². The molecular weight excluding hydrogens is 260 g/mol. The second-order valence-electron chi connectivity index (χ2n) is 7.23. The highest BCUT2D eigenvalue weighted by atomic mass is 15.3. The van der Waals surface area contributed by atoms with Crippen molar-refractivity contribution in [2.75, 3.05) is 26.0 Å². The normalized spacial score (nSPS) is 22.3. The molecule has 21 heavy (non-hydrogen) atoms. The summed E-state index contributed by atoms with van der Waals surface area (Å²) in [6.45, 7) is 3.12. The molecule has 3 rings (SSSR count). The van der Waals surface area contributed by atoms with Gasteiger partial charge in [0.1, 0.15) is 0 Å². The van der Waals surface area contributed by atoms with Gasteiger partial charge in [-0.2, -0.15) is 0 Å². The molecule has 2 saturated carbocycles. The fourth-order valence-corrected chi connectivity index (χ4v) is 3.90. The van der Waals surface area contributed by atoms with E-state index >= 15 is 0 Å². The Bertz CT molecular complexity index is 467.